The molecule has 11 nitrogen and oxygen atoms in total. The molecule has 0 atom stereocenters. The number of amides is 4. The van der Waals surface area contributed by atoms with E-state index in [4.69, 9.17) is 4.74 Å². The van der Waals surface area contributed by atoms with Crippen LogP contribution in [-0.4, -0.2) is 92.9 Å². The normalized spacial score (nSPS) is 18.7. The zero-order valence-corrected chi connectivity index (χ0v) is 22.2. The lowest BCUT2D eigenvalue weighted by atomic mass is 10.1. The van der Waals surface area contributed by atoms with Gasteiger partial charge in [0.25, 0.3) is 5.91 Å². The number of nitrogens with one attached hydrogen (secondary N) is 1. The van der Waals surface area contributed by atoms with E-state index in [2.05, 4.69) is 33.6 Å². The molecule has 4 amide bonds. The van der Waals surface area contributed by atoms with Crippen molar-refractivity contribution in [1.82, 2.24) is 29.6 Å². The summed E-state index contributed by atoms with van der Waals surface area (Å²) in [6.07, 6.45) is 3.94. The van der Waals surface area contributed by atoms with Crippen LogP contribution in [0.1, 0.15) is 65.3 Å². The van der Waals surface area contributed by atoms with Gasteiger partial charge in [0.2, 0.25) is 11.8 Å². The molecular formula is C25H38N6O5. The number of carbonyl (C=O) groups is 4. The van der Waals surface area contributed by atoms with Crippen molar-refractivity contribution in [3.05, 3.63) is 23.4 Å². The summed E-state index contributed by atoms with van der Waals surface area (Å²) >= 11 is 0. The summed E-state index contributed by atoms with van der Waals surface area (Å²) in [6.45, 7) is 15.2. The lowest BCUT2D eigenvalue weighted by molar-refractivity contribution is -0.147. The lowest BCUT2D eigenvalue weighted by Crippen LogP contribution is -2.51. The number of nitrogens with zero attached hydrogens (tertiary/aromatic N) is 5. The number of piperazine rings is 2. The molecule has 2 aliphatic rings. The average molecular weight is 503 g/mol. The van der Waals surface area contributed by atoms with Crippen molar-refractivity contribution < 1.29 is 23.9 Å². The van der Waals surface area contributed by atoms with Crippen LogP contribution in [0.5, 0.6) is 0 Å². The van der Waals surface area contributed by atoms with Crippen molar-refractivity contribution in [3.63, 3.8) is 0 Å². The largest absolute Gasteiger partial charge is 0.444 e. The molecule has 0 radical (unpaired) electrons. The number of ether oxygens (including phenoxy) is 1. The molecule has 36 heavy (non-hydrogen) atoms. The van der Waals surface area contributed by atoms with Crippen molar-refractivity contribution in [2.75, 3.05) is 39.3 Å². The minimum absolute atomic E-state index is 0.0523. The summed E-state index contributed by atoms with van der Waals surface area (Å²) in [4.78, 5) is 58.1. The molecule has 11 heteroatoms. The third-order valence-corrected chi connectivity index (χ3v) is 6.06. The Bertz CT molecular complexity index is 1030. The maximum absolute atomic E-state index is 12.6. The molecule has 0 spiro atoms. The van der Waals surface area contributed by atoms with Crippen molar-refractivity contribution in [1.29, 1.82) is 0 Å². The maximum Gasteiger partial charge on any atom is 0.410 e. The van der Waals surface area contributed by atoms with Gasteiger partial charge in [0.15, 0.2) is 0 Å². The molecule has 0 aliphatic carbocycles. The van der Waals surface area contributed by atoms with Gasteiger partial charge in [0, 0.05) is 45.3 Å². The van der Waals surface area contributed by atoms with Crippen LogP contribution in [0.25, 0.3) is 6.08 Å². The third kappa shape index (κ3) is 6.93. The first-order chi connectivity index (χ1) is 16.9. The maximum atomic E-state index is 12.6. The molecule has 3 heterocycles. The SMILES string of the molecule is CC(=O)N1CC(=O)N/C(=C\c2ncn(CCCN3CCN(C(=O)OC(C)(C)C)CC3)c2C(C)C)C1=O. The molecule has 3 rings (SSSR count). The first-order valence-corrected chi connectivity index (χ1v) is 12.4. The molecule has 198 valence electrons. The fourth-order valence-corrected chi connectivity index (χ4v) is 4.36. The van der Waals surface area contributed by atoms with E-state index in [0.717, 1.165) is 43.2 Å². The van der Waals surface area contributed by atoms with Crippen LogP contribution in [0.4, 0.5) is 4.79 Å². The second kappa shape index (κ2) is 11.2. The second-order valence-corrected chi connectivity index (χ2v) is 10.5. The number of imide groups is 1. The van der Waals surface area contributed by atoms with Gasteiger partial charge in [-0.3, -0.25) is 24.2 Å². The molecule has 0 saturated carbocycles. The summed E-state index contributed by atoms with van der Waals surface area (Å²) in [5, 5.41) is 2.57. The van der Waals surface area contributed by atoms with Crippen LogP contribution in [0.2, 0.25) is 0 Å². The highest BCUT2D eigenvalue weighted by Crippen LogP contribution is 2.22. The molecule has 1 N–H and O–H groups in total. The van der Waals surface area contributed by atoms with Gasteiger partial charge in [-0.1, -0.05) is 13.8 Å². The number of carbonyl (C=O) groups excluding carboxylic acids is 4. The monoisotopic (exact) mass is 502 g/mol. The Morgan fingerprint density at radius 2 is 1.81 bits per heavy atom. The highest BCUT2D eigenvalue weighted by atomic mass is 16.6. The smallest absolute Gasteiger partial charge is 0.410 e. The van der Waals surface area contributed by atoms with E-state index in [-0.39, 0.29) is 24.3 Å². The standard InChI is InChI=1S/C25H38N6O5/c1-17(2)22-19(14-20-23(34)31(18(3)32)15-21(33)27-20)26-16-30(22)9-7-8-28-10-12-29(13-11-28)24(35)36-25(4,5)6/h14,16-17H,7-13,15H2,1-6H3,(H,27,33)/b20-14-. The van der Waals surface area contributed by atoms with Crippen LogP contribution in [0.3, 0.4) is 0 Å². The van der Waals surface area contributed by atoms with E-state index in [1.165, 1.54) is 6.92 Å². The molecule has 2 aliphatic heterocycles. The van der Waals surface area contributed by atoms with Crippen LogP contribution < -0.4 is 5.32 Å². The minimum atomic E-state index is -0.531. The molecule has 0 aromatic carbocycles. The number of hydrogen-bond donors (Lipinski definition) is 1. The van der Waals surface area contributed by atoms with E-state index in [9.17, 15) is 19.2 Å². The lowest BCUT2D eigenvalue weighted by Gasteiger charge is -2.35. The van der Waals surface area contributed by atoms with Gasteiger partial charge >= 0.3 is 6.09 Å². The Morgan fingerprint density at radius 3 is 2.39 bits per heavy atom. The molecule has 1 aromatic heterocycles. The number of rotatable bonds is 6. The Balaban J connectivity index is 1.59. The zero-order chi connectivity index (χ0) is 26.6. The highest BCUT2D eigenvalue weighted by Gasteiger charge is 2.31. The van der Waals surface area contributed by atoms with Gasteiger partial charge in [-0.2, -0.15) is 0 Å². The quantitative estimate of drug-likeness (QED) is 0.590. The molecule has 2 saturated heterocycles. The van der Waals surface area contributed by atoms with Gasteiger partial charge < -0.3 is 19.5 Å². The van der Waals surface area contributed by atoms with Gasteiger partial charge in [-0.05, 0) is 45.7 Å². The summed E-state index contributed by atoms with van der Waals surface area (Å²) in [6, 6.07) is 0. The first kappa shape index (κ1) is 27.4. The Labute approximate surface area is 212 Å². The highest BCUT2D eigenvalue weighted by molar-refractivity contribution is 6.12. The number of aryl methyl sites for hydroxylation is 1. The second-order valence-electron chi connectivity index (χ2n) is 10.5. The number of hydrogen-bond acceptors (Lipinski definition) is 7. The van der Waals surface area contributed by atoms with Crippen molar-refractivity contribution >= 4 is 29.9 Å². The van der Waals surface area contributed by atoms with Crippen LogP contribution >= 0.6 is 0 Å². The van der Waals surface area contributed by atoms with E-state index >= 15 is 0 Å². The predicted molar refractivity (Wildman–Crippen MR) is 134 cm³/mol. The Hall–Kier alpha value is -3.21. The van der Waals surface area contributed by atoms with Gasteiger partial charge in [-0.25, -0.2) is 9.78 Å². The molecular weight excluding hydrogens is 464 g/mol. The molecule has 0 unspecified atom stereocenters. The van der Waals surface area contributed by atoms with E-state index in [0.29, 0.717) is 18.8 Å². The van der Waals surface area contributed by atoms with Gasteiger partial charge in [0.05, 0.1) is 12.0 Å². The summed E-state index contributed by atoms with van der Waals surface area (Å²) in [5.41, 5.74) is 1.12. The predicted octanol–water partition coefficient (Wildman–Crippen LogP) is 1.80. The van der Waals surface area contributed by atoms with E-state index in [1.54, 1.807) is 17.3 Å². The number of imidazole rings is 1. The first-order valence-electron chi connectivity index (χ1n) is 12.4. The van der Waals surface area contributed by atoms with E-state index < -0.39 is 23.3 Å². The van der Waals surface area contributed by atoms with Crippen LogP contribution in [0.15, 0.2) is 12.0 Å². The average Bonchev–Trinajstić information content (AvgIpc) is 3.17. The van der Waals surface area contributed by atoms with Crippen molar-refractivity contribution in [3.8, 4) is 0 Å². The van der Waals surface area contributed by atoms with Gasteiger partial charge in [0.1, 0.15) is 17.8 Å². The van der Waals surface area contributed by atoms with E-state index in [1.807, 2.05) is 20.8 Å². The Morgan fingerprint density at radius 1 is 1.14 bits per heavy atom. The zero-order valence-electron chi connectivity index (χ0n) is 22.2. The van der Waals surface area contributed by atoms with Crippen LogP contribution in [-0.2, 0) is 25.7 Å². The molecule has 1 aromatic rings. The minimum Gasteiger partial charge on any atom is -0.444 e. The van der Waals surface area contributed by atoms with Crippen molar-refractivity contribution in [2.45, 2.75) is 66.0 Å². The van der Waals surface area contributed by atoms with Crippen LogP contribution in [0, 0.1) is 0 Å². The summed E-state index contributed by atoms with van der Waals surface area (Å²) in [7, 11) is 0. The fraction of sp³-hybridized carbons (Fsp3) is 0.640. The third-order valence-electron chi connectivity index (χ3n) is 6.06. The van der Waals surface area contributed by atoms with Crippen molar-refractivity contribution in [2.24, 2.45) is 0 Å². The molecule has 2 fully saturated rings. The summed E-state index contributed by atoms with van der Waals surface area (Å²) < 4.78 is 7.54. The topological polar surface area (TPSA) is 117 Å². The fourth-order valence-electron chi connectivity index (χ4n) is 4.36. The Kier molecular flexibility index (Phi) is 8.55. The van der Waals surface area contributed by atoms with Gasteiger partial charge in [-0.15, -0.1) is 0 Å². The molecule has 0 bridgehead atoms. The number of aromatic nitrogens is 2. The summed E-state index contributed by atoms with van der Waals surface area (Å²) in [5.74, 6) is -1.28.